The summed E-state index contributed by atoms with van der Waals surface area (Å²) in [6.07, 6.45) is 5.20. The molecule has 2 unspecified atom stereocenters. The number of rotatable bonds is 6. The molecule has 18 heavy (non-hydrogen) atoms. The molecule has 0 heterocycles. The summed E-state index contributed by atoms with van der Waals surface area (Å²) in [5.41, 5.74) is 0. The van der Waals surface area contributed by atoms with Crippen LogP contribution in [0.1, 0.15) is 6.42 Å². The Hall–Kier alpha value is -1.82. The summed E-state index contributed by atoms with van der Waals surface area (Å²) in [5, 5.41) is 20.4. The van der Waals surface area contributed by atoms with E-state index in [1.807, 2.05) is 0 Å². The van der Waals surface area contributed by atoms with Crippen molar-refractivity contribution >= 4 is 12.0 Å². The lowest BCUT2D eigenvalue weighted by Crippen LogP contribution is -2.45. The molecular weight excluding hydrogens is 236 g/mol. The Morgan fingerprint density at radius 1 is 1.50 bits per heavy atom. The highest BCUT2D eigenvalue weighted by atomic mass is 16.4. The van der Waals surface area contributed by atoms with Gasteiger partial charge in [0.25, 0.3) is 0 Å². The number of hydrogen-bond acceptors (Lipinski definition) is 3. The van der Waals surface area contributed by atoms with Crippen molar-refractivity contribution in [1.29, 1.82) is 0 Å². The van der Waals surface area contributed by atoms with Crippen LogP contribution in [0.4, 0.5) is 4.79 Å². The van der Waals surface area contributed by atoms with Crippen LogP contribution in [0.2, 0.25) is 0 Å². The van der Waals surface area contributed by atoms with Gasteiger partial charge >= 0.3 is 12.0 Å². The zero-order valence-corrected chi connectivity index (χ0v) is 10.1. The van der Waals surface area contributed by atoms with Crippen LogP contribution in [0.25, 0.3) is 0 Å². The summed E-state index contributed by atoms with van der Waals surface area (Å²) < 4.78 is 0. The fourth-order valence-electron chi connectivity index (χ4n) is 1.79. The number of carbonyl (C=O) groups is 2. The molecule has 6 heteroatoms. The molecule has 0 aromatic carbocycles. The molecule has 2 amide bonds. The van der Waals surface area contributed by atoms with Gasteiger partial charge in [-0.1, -0.05) is 18.2 Å². The van der Waals surface area contributed by atoms with Crippen molar-refractivity contribution in [2.24, 2.45) is 5.92 Å². The van der Waals surface area contributed by atoms with E-state index in [1.54, 1.807) is 18.2 Å². The summed E-state index contributed by atoms with van der Waals surface area (Å²) in [4.78, 5) is 24.0. The summed E-state index contributed by atoms with van der Waals surface area (Å²) in [7, 11) is 0. The third-order valence-corrected chi connectivity index (χ3v) is 2.72. The summed E-state index contributed by atoms with van der Waals surface area (Å²) >= 11 is 0. The van der Waals surface area contributed by atoms with Gasteiger partial charge in [-0.25, -0.2) is 4.79 Å². The number of carboxylic acid groups (broad SMARTS) is 1. The van der Waals surface area contributed by atoms with Crippen molar-refractivity contribution in [3.05, 3.63) is 24.8 Å². The summed E-state index contributed by atoms with van der Waals surface area (Å²) in [5.74, 6) is -1.43. The SMILES string of the molecule is C=CCN(CCO)C(=O)NC1C=CC(C(=O)O)C1. The Labute approximate surface area is 106 Å². The van der Waals surface area contributed by atoms with Gasteiger partial charge in [0.15, 0.2) is 0 Å². The maximum atomic E-state index is 11.8. The van der Waals surface area contributed by atoms with E-state index in [-0.39, 0.29) is 25.2 Å². The van der Waals surface area contributed by atoms with E-state index in [0.29, 0.717) is 13.0 Å². The van der Waals surface area contributed by atoms with E-state index in [9.17, 15) is 9.59 Å². The molecule has 0 aromatic heterocycles. The molecule has 0 bridgehead atoms. The number of nitrogens with zero attached hydrogens (tertiary/aromatic N) is 1. The number of carbonyl (C=O) groups excluding carboxylic acids is 1. The highest BCUT2D eigenvalue weighted by molar-refractivity contribution is 5.76. The second kappa shape index (κ2) is 6.80. The van der Waals surface area contributed by atoms with Crippen molar-refractivity contribution in [1.82, 2.24) is 10.2 Å². The average molecular weight is 254 g/mol. The molecule has 2 atom stereocenters. The van der Waals surface area contributed by atoms with Crippen LogP contribution in [-0.4, -0.2) is 52.9 Å². The molecule has 0 spiro atoms. The third kappa shape index (κ3) is 3.89. The minimum absolute atomic E-state index is 0.125. The quantitative estimate of drug-likeness (QED) is 0.591. The number of aliphatic carboxylic acids is 1. The van der Waals surface area contributed by atoms with Crippen LogP contribution in [0.3, 0.4) is 0 Å². The molecule has 0 saturated carbocycles. The van der Waals surface area contributed by atoms with Gasteiger partial charge in [0, 0.05) is 13.1 Å². The van der Waals surface area contributed by atoms with E-state index in [1.165, 1.54) is 4.90 Å². The van der Waals surface area contributed by atoms with Gasteiger partial charge in [-0.15, -0.1) is 6.58 Å². The van der Waals surface area contributed by atoms with E-state index in [2.05, 4.69) is 11.9 Å². The number of amides is 2. The predicted octanol–water partition coefficient (Wildman–Crippen LogP) is 0.206. The second-order valence-corrected chi connectivity index (χ2v) is 4.08. The number of aliphatic hydroxyl groups excluding tert-OH is 1. The van der Waals surface area contributed by atoms with Gasteiger partial charge < -0.3 is 20.4 Å². The predicted molar refractivity (Wildman–Crippen MR) is 66.1 cm³/mol. The first-order chi connectivity index (χ1) is 8.58. The molecule has 1 aliphatic carbocycles. The van der Waals surface area contributed by atoms with Crippen LogP contribution in [0, 0.1) is 5.92 Å². The minimum Gasteiger partial charge on any atom is -0.481 e. The third-order valence-electron chi connectivity index (χ3n) is 2.72. The van der Waals surface area contributed by atoms with Crippen LogP contribution in [-0.2, 0) is 4.79 Å². The van der Waals surface area contributed by atoms with Crippen molar-refractivity contribution in [3.63, 3.8) is 0 Å². The molecule has 3 N–H and O–H groups in total. The Bertz CT molecular complexity index is 354. The maximum Gasteiger partial charge on any atom is 0.318 e. The van der Waals surface area contributed by atoms with Crippen molar-refractivity contribution in [3.8, 4) is 0 Å². The number of hydrogen-bond donors (Lipinski definition) is 3. The Balaban J connectivity index is 2.47. The van der Waals surface area contributed by atoms with E-state index >= 15 is 0 Å². The molecule has 0 aliphatic heterocycles. The van der Waals surface area contributed by atoms with Crippen molar-refractivity contribution < 1.29 is 19.8 Å². The molecule has 0 radical (unpaired) electrons. The number of nitrogens with one attached hydrogen (secondary N) is 1. The topological polar surface area (TPSA) is 89.9 Å². The van der Waals surface area contributed by atoms with Gasteiger partial charge in [0.05, 0.1) is 18.6 Å². The Kier molecular flexibility index (Phi) is 5.38. The van der Waals surface area contributed by atoms with Crippen LogP contribution in [0.5, 0.6) is 0 Å². The van der Waals surface area contributed by atoms with Crippen LogP contribution < -0.4 is 5.32 Å². The molecule has 0 aromatic rings. The first-order valence-electron chi connectivity index (χ1n) is 5.76. The lowest BCUT2D eigenvalue weighted by atomic mass is 10.1. The molecule has 1 rings (SSSR count). The van der Waals surface area contributed by atoms with Gasteiger partial charge in [0.2, 0.25) is 0 Å². The van der Waals surface area contributed by atoms with Crippen molar-refractivity contribution in [2.75, 3.05) is 19.7 Å². The van der Waals surface area contributed by atoms with Crippen LogP contribution >= 0.6 is 0 Å². The van der Waals surface area contributed by atoms with E-state index in [4.69, 9.17) is 10.2 Å². The Morgan fingerprint density at radius 3 is 2.72 bits per heavy atom. The molecule has 1 aliphatic rings. The first-order valence-corrected chi connectivity index (χ1v) is 5.76. The van der Waals surface area contributed by atoms with Crippen LogP contribution in [0.15, 0.2) is 24.8 Å². The standard InChI is InChI=1S/C12H18N2O4/c1-2-5-14(6-7-15)12(18)13-10-4-3-9(8-10)11(16)17/h2-4,9-10,15H,1,5-8H2,(H,13,18)(H,16,17). The fourth-order valence-corrected chi connectivity index (χ4v) is 1.79. The molecule has 6 nitrogen and oxygen atoms in total. The average Bonchev–Trinajstić information content (AvgIpc) is 2.77. The highest BCUT2D eigenvalue weighted by Gasteiger charge is 2.26. The molecular formula is C12H18N2O4. The zero-order chi connectivity index (χ0) is 13.5. The van der Waals surface area contributed by atoms with E-state index < -0.39 is 11.9 Å². The van der Waals surface area contributed by atoms with E-state index in [0.717, 1.165) is 0 Å². The first kappa shape index (κ1) is 14.2. The second-order valence-electron chi connectivity index (χ2n) is 4.08. The monoisotopic (exact) mass is 254 g/mol. The number of aliphatic hydroxyl groups is 1. The normalized spacial score (nSPS) is 21.6. The minimum atomic E-state index is -0.888. The Morgan fingerprint density at radius 2 is 2.22 bits per heavy atom. The zero-order valence-electron chi connectivity index (χ0n) is 10.1. The molecule has 100 valence electrons. The van der Waals surface area contributed by atoms with Gasteiger partial charge in [-0.3, -0.25) is 4.79 Å². The maximum absolute atomic E-state index is 11.8. The highest BCUT2D eigenvalue weighted by Crippen LogP contribution is 2.18. The number of carboxylic acids is 1. The molecule has 0 saturated heterocycles. The lowest BCUT2D eigenvalue weighted by molar-refractivity contribution is -0.140. The smallest absolute Gasteiger partial charge is 0.318 e. The summed E-state index contributed by atoms with van der Waals surface area (Å²) in [6, 6.07) is -0.603. The fraction of sp³-hybridized carbons (Fsp3) is 0.500. The van der Waals surface area contributed by atoms with Gasteiger partial charge in [-0.2, -0.15) is 0 Å². The lowest BCUT2D eigenvalue weighted by Gasteiger charge is -2.22. The molecule has 0 fully saturated rings. The van der Waals surface area contributed by atoms with Gasteiger partial charge in [0.1, 0.15) is 0 Å². The van der Waals surface area contributed by atoms with Gasteiger partial charge in [-0.05, 0) is 6.42 Å². The largest absolute Gasteiger partial charge is 0.481 e. The summed E-state index contributed by atoms with van der Waals surface area (Å²) in [6.45, 7) is 3.97. The number of urea groups is 1. The van der Waals surface area contributed by atoms with Crippen molar-refractivity contribution in [2.45, 2.75) is 12.5 Å².